The molecule has 0 aliphatic heterocycles. The summed E-state index contributed by atoms with van der Waals surface area (Å²) in [6.07, 6.45) is 1.18. The number of anilines is 1. The maximum Gasteiger partial charge on any atom is 0.331 e. The summed E-state index contributed by atoms with van der Waals surface area (Å²) in [5.74, 6) is 0.0698. The molecule has 2 aromatic rings. The molecule has 0 saturated carbocycles. The number of aromatic nitrogens is 3. The molecule has 9 heteroatoms. The minimum atomic E-state index is -0.802. The third-order valence-corrected chi connectivity index (χ3v) is 2.90. The number of carbonyl (C=O) groups excluding carboxylic acids is 1. The third kappa shape index (κ3) is 2.95. The minimum absolute atomic E-state index is 0.183. The minimum Gasteiger partial charge on any atom is -0.360 e. The molecule has 114 valence electrons. The first-order valence-corrected chi connectivity index (χ1v) is 6.43. The van der Waals surface area contributed by atoms with Gasteiger partial charge in [0.1, 0.15) is 23.9 Å². The van der Waals surface area contributed by atoms with E-state index in [0.717, 1.165) is 0 Å². The van der Waals surface area contributed by atoms with Gasteiger partial charge in [-0.15, -0.1) is 0 Å². The second kappa shape index (κ2) is 6.09. The fraction of sp³-hybridized carbons (Fsp3) is 0.308. The fourth-order valence-corrected chi connectivity index (χ4v) is 1.85. The van der Waals surface area contributed by atoms with Crippen molar-refractivity contribution in [2.75, 3.05) is 5.32 Å². The lowest BCUT2D eigenvalue weighted by Crippen LogP contribution is -2.43. The van der Waals surface area contributed by atoms with E-state index in [-0.39, 0.29) is 17.9 Å². The summed E-state index contributed by atoms with van der Waals surface area (Å²) in [7, 11) is 0. The summed E-state index contributed by atoms with van der Waals surface area (Å²) < 4.78 is 6.69. The number of carbonyl (C=O) groups is 1. The molecule has 0 radical (unpaired) electrons. The van der Waals surface area contributed by atoms with E-state index in [1.807, 2.05) is 0 Å². The van der Waals surface area contributed by atoms with Crippen molar-refractivity contribution in [3.8, 4) is 6.07 Å². The molecule has 0 aliphatic carbocycles. The summed E-state index contributed by atoms with van der Waals surface area (Å²) in [5, 5.41) is 14.9. The average molecular weight is 303 g/mol. The Kier molecular flexibility index (Phi) is 4.22. The molecule has 0 aromatic carbocycles. The molecule has 1 N–H and O–H groups in total. The molecule has 0 aliphatic rings. The first-order valence-electron chi connectivity index (χ1n) is 6.43. The molecule has 0 unspecified atom stereocenters. The van der Waals surface area contributed by atoms with Gasteiger partial charge in [-0.25, -0.2) is 9.36 Å². The van der Waals surface area contributed by atoms with E-state index in [9.17, 15) is 14.4 Å². The zero-order valence-corrected chi connectivity index (χ0v) is 12.0. The molecular formula is C13H13N5O4. The number of hydrogen-bond acceptors (Lipinski definition) is 6. The molecule has 0 spiro atoms. The van der Waals surface area contributed by atoms with Gasteiger partial charge in [0, 0.05) is 18.8 Å². The van der Waals surface area contributed by atoms with Crippen LogP contribution in [0.25, 0.3) is 0 Å². The number of rotatable bonds is 4. The predicted octanol–water partition coefficient (Wildman–Crippen LogP) is -0.163. The molecule has 0 bridgehead atoms. The Hall–Kier alpha value is -3.15. The number of aryl methyl sites for hydroxylation is 2. The second-order valence-corrected chi connectivity index (χ2v) is 4.49. The topological polar surface area (TPSA) is 123 Å². The molecule has 22 heavy (non-hydrogen) atoms. The van der Waals surface area contributed by atoms with Crippen LogP contribution in [-0.2, 0) is 17.9 Å². The molecule has 0 fully saturated rings. The van der Waals surface area contributed by atoms with Gasteiger partial charge in [0.2, 0.25) is 5.91 Å². The first kappa shape index (κ1) is 15.2. The van der Waals surface area contributed by atoms with E-state index in [4.69, 9.17) is 9.78 Å². The summed E-state index contributed by atoms with van der Waals surface area (Å²) in [4.78, 5) is 36.0. The SMILES string of the molecule is CCn1cc(C#N)c(=O)n(CC(=O)Nc2cc(C)on2)c1=O. The van der Waals surface area contributed by atoms with Gasteiger partial charge in [0.15, 0.2) is 5.82 Å². The lowest BCUT2D eigenvalue weighted by atomic mass is 10.3. The monoisotopic (exact) mass is 303 g/mol. The molecule has 9 nitrogen and oxygen atoms in total. The van der Waals surface area contributed by atoms with Gasteiger partial charge in [0.05, 0.1) is 0 Å². The van der Waals surface area contributed by atoms with Gasteiger partial charge in [-0.05, 0) is 13.8 Å². The Labute approximate surface area is 124 Å². The molecule has 0 saturated heterocycles. The highest BCUT2D eigenvalue weighted by Crippen LogP contribution is 2.06. The average Bonchev–Trinajstić information content (AvgIpc) is 2.89. The quantitative estimate of drug-likeness (QED) is 0.837. The zero-order chi connectivity index (χ0) is 16.3. The maximum atomic E-state index is 12.1. The van der Waals surface area contributed by atoms with Crippen LogP contribution in [0.1, 0.15) is 18.2 Å². The van der Waals surface area contributed by atoms with Crippen LogP contribution < -0.4 is 16.6 Å². The van der Waals surface area contributed by atoms with Crippen molar-refractivity contribution in [1.29, 1.82) is 5.26 Å². The van der Waals surface area contributed by atoms with Gasteiger partial charge in [0.25, 0.3) is 5.56 Å². The smallest absolute Gasteiger partial charge is 0.331 e. The lowest BCUT2D eigenvalue weighted by molar-refractivity contribution is -0.116. The zero-order valence-electron chi connectivity index (χ0n) is 12.0. The Balaban J connectivity index is 2.33. The van der Waals surface area contributed by atoms with E-state index >= 15 is 0 Å². The maximum absolute atomic E-state index is 12.1. The predicted molar refractivity (Wildman–Crippen MR) is 75.2 cm³/mol. The van der Waals surface area contributed by atoms with Crippen molar-refractivity contribution in [3.63, 3.8) is 0 Å². The lowest BCUT2D eigenvalue weighted by Gasteiger charge is -2.08. The van der Waals surface area contributed by atoms with Gasteiger partial charge in [-0.2, -0.15) is 5.26 Å². The van der Waals surface area contributed by atoms with E-state index in [0.29, 0.717) is 10.3 Å². The van der Waals surface area contributed by atoms with Crippen LogP contribution in [-0.4, -0.2) is 20.2 Å². The van der Waals surface area contributed by atoms with Gasteiger partial charge < -0.3 is 9.84 Å². The van der Waals surface area contributed by atoms with Crippen LogP contribution in [0.2, 0.25) is 0 Å². The molecule has 2 rings (SSSR count). The highest BCUT2D eigenvalue weighted by atomic mass is 16.5. The van der Waals surface area contributed by atoms with Crippen molar-refractivity contribution < 1.29 is 9.32 Å². The van der Waals surface area contributed by atoms with Crippen LogP contribution in [0.5, 0.6) is 0 Å². The summed E-state index contributed by atoms with van der Waals surface area (Å²) in [5.41, 5.74) is -1.66. The van der Waals surface area contributed by atoms with E-state index in [1.165, 1.54) is 16.8 Å². The summed E-state index contributed by atoms with van der Waals surface area (Å²) in [6, 6.07) is 3.21. The largest absolute Gasteiger partial charge is 0.360 e. The Morgan fingerprint density at radius 3 is 2.77 bits per heavy atom. The van der Waals surface area contributed by atoms with Crippen LogP contribution in [0.15, 0.2) is 26.4 Å². The highest BCUT2D eigenvalue weighted by molar-refractivity contribution is 5.89. The van der Waals surface area contributed by atoms with Crippen molar-refractivity contribution in [1.82, 2.24) is 14.3 Å². The Morgan fingerprint density at radius 1 is 1.50 bits per heavy atom. The van der Waals surface area contributed by atoms with Gasteiger partial charge in [-0.3, -0.25) is 14.2 Å². The van der Waals surface area contributed by atoms with Crippen LogP contribution in [0.3, 0.4) is 0 Å². The van der Waals surface area contributed by atoms with Crippen molar-refractivity contribution in [2.45, 2.75) is 26.9 Å². The fourth-order valence-electron chi connectivity index (χ4n) is 1.85. The summed E-state index contributed by atoms with van der Waals surface area (Å²) >= 11 is 0. The van der Waals surface area contributed by atoms with Gasteiger partial charge in [-0.1, -0.05) is 5.16 Å². The highest BCUT2D eigenvalue weighted by Gasteiger charge is 2.14. The van der Waals surface area contributed by atoms with Crippen LogP contribution in [0, 0.1) is 18.3 Å². The number of nitrogens with zero attached hydrogens (tertiary/aromatic N) is 4. The summed E-state index contributed by atoms with van der Waals surface area (Å²) in [6.45, 7) is 3.11. The number of hydrogen-bond donors (Lipinski definition) is 1. The Bertz CT molecular complexity index is 868. The molecule has 1 amide bonds. The van der Waals surface area contributed by atoms with E-state index < -0.39 is 23.7 Å². The van der Waals surface area contributed by atoms with Crippen LogP contribution >= 0.6 is 0 Å². The molecule has 2 heterocycles. The standard InChI is InChI=1S/C13H13N5O4/c1-3-17-6-9(5-14)12(20)18(13(17)21)7-11(19)15-10-4-8(2)22-16-10/h4,6H,3,7H2,1-2H3,(H,15,16,19). The molecular weight excluding hydrogens is 290 g/mol. The van der Waals surface area contributed by atoms with Crippen molar-refractivity contribution >= 4 is 11.7 Å². The second-order valence-electron chi connectivity index (χ2n) is 4.49. The van der Waals surface area contributed by atoms with E-state index in [2.05, 4.69) is 10.5 Å². The number of nitrogens with one attached hydrogen (secondary N) is 1. The molecule has 0 atom stereocenters. The van der Waals surface area contributed by atoms with E-state index in [1.54, 1.807) is 19.9 Å². The van der Waals surface area contributed by atoms with Crippen molar-refractivity contribution in [3.05, 3.63) is 44.4 Å². The number of nitriles is 1. The molecule has 2 aromatic heterocycles. The van der Waals surface area contributed by atoms with Crippen LogP contribution in [0.4, 0.5) is 5.82 Å². The normalized spacial score (nSPS) is 10.2. The third-order valence-electron chi connectivity index (χ3n) is 2.90. The Morgan fingerprint density at radius 2 is 2.23 bits per heavy atom. The van der Waals surface area contributed by atoms with Crippen molar-refractivity contribution in [2.24, 2.45) is 0 Å². The first-order chi connectivity index (χ1) is 10.5. The number of amides is 1. The van der Waals surface area contributed by atoms with Gasteiger partial charge >= 0.3 is 5.69 Å².